The van der Waals surface area contributed by atoms with Crippen molar-refractivity contribution in [3.8, 4) is 0 Å². The molecule has 110 valence electrons. The van der Waals surface area contributed by atoms with Crippen molar-refractivity contribution in [3.05, 3.63) is 0 Å². The van der Waals surface area contributed by atoms with Gasteiger partial charge in [0.05, 0.1) is 12.0 Å². The summed E-state index contributed by atoms with van der Waals surface area (Å²) in [6, 6.07) is -1.26. The maximum absolute atomic E-state index is 11.5. The number of carboxylic acid groups (broad SMARTS) is 2. The van der Waals surface area contributed by atoms with Crippen LogP contribution in [-0.2, 0) is 14.4 Å². The largest absolute Gasteiger partial charge is 1.00 e. The Hall–Kier alpha value is 0.410. The number of hydrogen-bond donors (Lipinski definition) is 1. The van der Waals surface area contributed by atoms with Crippen LogP contribution in [0.3, 0.4) is 0 Å². The summed E-state index contributed by atoms with van der Waals surface area (Å²) in [6.07, 6.45) is 4.53. The van der Waals surface area contributed by atoms with Gasteiger partial charge in [-0.1, -0.05) is 32.6 Å². The van der Waals surface area contributed by atoms with E-state index < -0.39 is 24.4 Å². The van der Waals surface area contributed by atoms with E-state index in [-0.39, 0.29) is 77.9 Å². The molecule has 0 bridgehead atoms. The van der Waals surface area contributed by atoms with E-state index in [2.05, 4.69) is 12.2 Å². The van der Waals surface area contributed by atoms with Gasteiger partial charge in [0.15, 0.2) is 0 Å². The number of carbonyl (C=O) groups excluding carboxylic acids is 3. The van der Waals surface area contributed by atoms with Gasteiger partial charge >= 0.3 is 59.1 Å². The molecule has 0 aromatic rings. The molecule has 0 saturated carbocycles. The second-order valence-corrected chi connectivity index (χ2v) is 4.51. The third-order valence-electron chi connectivity index (χ3n) is 2.76. The molecule has 1 amide bonds. The van der Waals surface area contributed by atoms with Crippen molar-refractivity contribution in [2.24, 2.45) is 0 Å². The quantitative estimate of drug-likeness (QED) is 0.301. The molecule has 0 fully saturated rings. The first-order valence-electron chi connectivity index (χ1n) is 6.67. The summed E-state index contributed by atoms with van der Waals surface area (Å²) in [5, 5.41) is 23.2. The fourth-order valence-electron chi connectivity index (χ4n) is 1.67. The third kappa shape index (κ3) is 16.6. The number of carboxylic acids is 2. The van der Waals surface area contributed by atoms with Gasteiger partial charge in [-0.05, 0) is 19.3 Å². The molecule has 0 aliphatic rings. The van der Waals surface area contributed by atoms with Crippen molar-refractivity contribution < 1.29 is 83.7 Å². The first-order chi connectivity index (χ1) is 8.97. The zero-order valence-corrected chi connectivity index (χ0v) is 17.3. The monoisotopic (exact) mass is 317 g/mol. The van der Waals surface area contributed by atoms with E-state index in [1.807, 2.05) is 0 Å². The molecular weight excluding hydrogens is 296 g/mol. The van der Waals surface area contributed by atoms with Crippen LogP contribution in [-0.4, -0.2) is 23.9 Å². The molecule has 0 heterocycles. The zero-order chi connectivity index (χ0) is 14.7. The molecule has 1 unspecified atom stereocenters. The molecule has 0 aliphatic heterocycles. The summed E-state index contributed by atoms with van der Waals surface area (Å²) in [6.45, 7) is 2.09. The Kier molecular flexibility index (Phi) is 21.0. The van der Waals surface area contributed by atoms with E-state index >= 15 is 0 Å². The van der Waals surface area contributed by atoms with Crippen LogP contribution in [0, 0.1) is 0 Å². The van der Waals surface area contributed by atoms with Crippen LogP contribution in [0.5, 0.6) is 0 Å². The molecule has 8 heteroatoms. The molecule has 0 rings (SSSR count). The Morgan fingerprint density at radius 1 is 0.952 bits per heavy atom. The molecular formula is C13H21NNa2O5. The maximum Gasteiger partial charge on any atom is 1.00 e. The van der Waals surface area contributed by atoms with Gasteiger partial charge in [-0.2, -0.15) is 0 Å². The predicted molar refractivity (Wildman–Crippen MR) is 64.6 cm³/mol. The predicted octanol–water partition coefficient (Wildman–Crippen LogP) is -6.88. The van der Waals surface area contributed by atoms with E-state index in [1.165, 1.54) is 0 Å². The van der Waals surface area contributed by atoms with Crippen LogP contribution in [0.2, 0.25) is 0 Å². The number of rotatable bonds is 11. The van der Waals surface area contributed by atoms with Gasteiger partial charge in [-0.3, -0.25) is 4.79 Å². The fraction of sp³-hybridized carbons (Fsp3) is 0.769. The Bertz CT molecular complexity index is 313. The SMILES string of the molecule is CCCCCCCC(=O)NC(CCC(=O)[O-])C(=O)[O-].[Na+].[Na+]. The number of aliphatic carboxylic acids is 2. The van der Waals surface area contributed by atoms with E-state index in [9.17, 15) is 24.6 Å². The number of carbonyl (C=O) groups is 3. The van der Waals surface area contributed by atoms with Gasteiger partial charge in [-0.25, -0.2) is 0 Å². The number of hydrogen-bond acceptors (Lipinski definition) is 5. The Morgan fingerprint density at radius 3 is 2.00 bits per heavy atom. The number of nitrogens with one attached hydrogen (secondary N) is 1. The Labute approximate surface area is 170 Å². The molecule has 21 heavy (non-hydrogen) atoms. The van der Waals surface area contributed by atoms with Crippen molar-refractivity contribution in [1.82, 2.24) is 5.32 Å². The normalized spacial score (nSPS) is 10.7. The summed E-state index contributed by atoms with van der Waals surface area (Å²) in [5.74, 6) is -3.20. The first-order valence-corrected chi connectivity index (χ1v) is 6.67. The molecule has 6 nitrogen and oxygen atoms in total. The molecule has 0 aromatic heterocycles. The first kappa shape index (κ1) is 26.3. The molecule has 0 aliphatic carbocycles. The van der Waals surface area contributed by atoms with Crippen LogP contribution in [0.4, 0.5) is 0 Å². The van der Waals surface area contributed by atoms with Gasteiger partial charge in [0.1, 0.15) is 0 Å². The van der Waals surface area contributed by atoms with Crippen LogP contribution in [0.15, 0.2) is 0 Å². The van der Waals surface area contributed by atoms with Crippen molar-refractivity contribution in [2.45, 2.75) is 64.3 Å². The summed E-state index contributed by atoms with van der Waals surface area (Å²) in [7, 11) is 0. The van der Waals surface area contributed by atoms with Crippen LogP contribution in [0.1, 0.15) is 58.3 Å². The summed E-state index contributed by atoms with van der Waals surface area (Å²) >= 11 is 0. The van der Waals surface area contributed by atoms with Crippen LogP contribution < -0.4 is 74.6 Å². The Morgan fingerprint density at radius 2 is 1.52 bits per heavy atom. The molecule has 0 spiro atoms. The molecule has 1 atom stereocenters. The fourth-order valence-corrected chi connectivity index (χ4v) is 1.67. The second-order valence-electron chi connectivity index (χ2n) is 4.51. The minimum absolute atomic E-state index is 0. The molecule has 0 saturated heterocycles. The second kappa shape index (κ2) is 16.8. The summed E-state index contributed by atoms with van der Waals surface area (Å²) in [4.78, 5) is 32.4. The molecule has 0 radical (unpaired) electrons. The van der Waals surface area contributed by atoms with Gasteiger partial charge in [-0.15, -0.1) is 0 Å². The van der Waals surface area contributed by atoms with Crippen LogP contribution in [0.25, 0.3) is 0 Å². The standard InChI is InChI=1S/C13H23NO5.2Na/c1-2-3-4-5-6-7-11(15)14-10(13(18)19)8-9-12(16)17;;/h10H,2-9H2,1H3,(H,14,15)(H,16,17)(H,18,19);;/q;2*+1/p-2. The zero-order valence-electron chi connectivity index (χ0n) is 13.3. The smallest absolute Gasteiger partial charge is 0.550 e. The average molecular weight is 317 g/mol. The van der Waals surface area contributed by atoms with Crippen molar-refractivity contribution in [2.75, 3.05) is 0 Å². The minimum Gasteiger partial charge on any atom is -0.550 e. The summed E-state index contributed by atoms with van der Waals surface area (Å²) in [5.41, 5.74) is 0. The van der Waals surface area contributed by atoms with Gasteiger partial charge in [0, 0.05) is 12.4 Å². The van der Waals surface area contributed by atoms with Gasteiger partial charge in [0.25, 0.3) is 0 Å². The van der Waals surface area contributed by atoms with E-state index in [1.54, 1.807) is 0 Å². The average Bonchev–Trinajstić information content (AvgIpc) is 2.33. The van der Waals surface area contributed by atoms with Crippen LogP contribution >= 0.6 is 0 Å². The van der Waals surface area contributed by atoms with Crippen molar-refractivity contribution in [1.29, 1.82) is 0 Å². The Balaban J connectivity index is -0.00000162. The van der Waals surface area contributed by atoms with E-state index in [0.29, 0.717) is 6.42 Å². The van der Waals surface area contributed by atoms with Gasteiger partial charge in [0.2, 0.25) is 5.91 Å². The van der Waals surface area contributed by atoms with Crippen molar-refractivity contribution >= 4 is 17.8 Å². The third-order valence-corrected chi connectivity index (χ3v) is 2.76. The number of amides is 1. The van der Waals surface area contributed by atoms with Crippen molar-refractivity contribution in [3.63, 3.8) is 0 Å². The van der Waals surface area contributed by atoms with E-state index in [4.69, 9.17) is 0 Å². The summed E-state index contributed by atoms with van der Waals surface area (Å²) < 4.78 is 0. The maximum atomic E-state index is 11.5. The molecule has 0 aromatic carbocycles. The number of unbranched alkanes of at least 4 members (excludes halogenated alkanes) is 4. The minimum atomic E-state index is -1.47. The topological polar surface area (TPSA) is 109 Å². The van der Waals surface area contributed by atoms with E-state index in [0.717, 1.165) is 25.7 Å². The molecule has 1 N–H and O–H groups in total. The van der Waals surface area contributed by atoms with Gasteiger partial charge < -0.3 is 25.1 Å².